The van der Waals surface area contributed by atoms with Gasteiger partial charge in [0, 0.05) is 12.2 Å². The molecule has 0 aromatic carbocycles. The van der Waals surface area contributed by atoms with Crippen LogP contribution in [0.1, 0.15) is 35.8 Å². The minimum absolute atomic E-state index is 0.232. The molecule has 0 saturated heterocycles. The van der Waals surface area contributed by atoms with Gasteiger partial charge in [0.25, 0.3) is 0 Å². The van der Waals surface area contributed by atoms with Crippen molar-refractivity contribution >= 4 is 11.8 Å². The minimum Gasteiger partial charge on any atom is -0.478 e. The van der Waals surface area contributed by atoms with E-state index in [2.05, 4.69) is 10.3 Å². The van der Waals surface area contributed by atoms with Crippen LogP contribution in [-0.2, 0) is 0 Å². The van der Waals surface area contributed by atoms with Gasteiger partial charge in [-0.1, -0.05) is 0 Å². The molecule has 1 rings (SSSR count). The van der Waals surface area contributed by atoms with Crippen molar-refractivity contribution in [3.05, 3.63) is 23.4 Å². The Bertz CT molecular complexity index is 391. The van der Waals surface area contributed by atoms with Crippen LogP contribution in [0.2, 0.25) is 0 Å². The summed E-state index contributed by atoms with van der Waals surface area (Å²) >= 11 is 0. The van der Waals surface area contributed by atoms with Gasteiger partial charge in [0.2, 0.25) is 0 Å². The second-order valence-corrected chi connectivity index (χ2v) is 4.11. The zero-order chi connectivity index (χ0) is 12.8. The molecule has 1 unspecified atom stereocenters. The van der Waals surface area contributed by atoms with E-state index < -0.39 is 5.97 Å². The number of hydrogen-bond acceptors (Lipinski definition) is 4. The third kappa shape index (κ3) is 4.82. The molecule has 1 atom stereocenters. The second kappa shape index (κ2) is 6.20. The van der Waals surface area contributed by atoms with Crippen LogP contribution < -0.4 is 5.32 Å². The van der Waals surface area contributed by atoms with Crippen LogP contribution in [0.3, 0.4) is 0 Å². The molecular weight excluding hydrogens is 220 g/mol. The fourth-order valence-electron chi connectivity index (χ4n) is 1.50. The Hall–Kier alpha value is -1.62. The summed E-state index contributed by atoms with van der Waals surface area (Å²) in [4.78, 5) is 15.0. The Kier molecular flexibility index (Phi) is 4.90. The maximum Gasteiger partial charge on any atom is 0.335 e. The maximum absolute atomic E-state index is 10.8. The monoisotopic (exact) mass is 238 g/mol. The first-order valence-corrected chi connectivity index (χ1v) is 5.63. The molecule has 1 aromatic heterocycles. The van der Waals surface area contributed by atoms with Gasteiger partial charge in [-0.05, 0) is 38.8 Å². The number of aliphatic hydroxyl groups is 1. The van der Waals surface area contributed by atoms with Crippen molar-refractivity contribution in [3.8, 4) is 0 Å². The van der Waals surface area contributed by atoms with Crippen LogP contribution in [0.15, 0.2) is 12.1 Å². The van der Waals surface area contributed by atoms with E-state index in [9.17, 15) is 4.79 Å². The maximum atomic E-state index is 10.8. The number of aliphatic hydroxyl groups excluding tert-OH is 1. The molecule has 0 aliphatic carbocycles. The molecule has 94 valence electrons. The summed E-state index contributed by atoms with van der Waals surface area (Å²) in [5, 5.41) is 21.0. The van der Waals surface area contributed by atoms with Gasteiger partial charge in [-0.15, -0.1) is 0 Å². The fourth-order valence-corrected chi connectivity index (χ4v) is 1.50. The first kappa shape index (κ1) is 13.4. The lowest BCUT2D eigenvalue weighted by molar-refractivity contribution is 0.0696. The van der Waals surface area contributed by atoms with Crippen LogP contribution in [0.4, 0.5) is 5.82 Å². The number of nitrogens with zero attached hydrogens (tertiary/aromatic N) is 1. The Balaban J connectivity index is 2.56. The van der Waals surface area contributed by atoms with Crippen LogP contribution in [0.25, 0.3) is 0 Å². The van der Waals surface area contributed by atoms with Crippen molar-refractivity contribution in [1.29, 1.82) is 0 Å². The second-order valence-electron chi connectivity index (χ2n) is 4.11. The lowest BCUT2D eigenvalue weighted by atomic mass is 10.2. The number of hydrogen-bond donors (Lipinski definition) is 3. The van der Waals surface area contributed by atoms with E-state index in [1.165, 1.54) is 12.1 Å². The van der Waals surface area contributed by atoms with Gasteiger partial charge in [0.1, 0.15) is 5.82 Å². The Morgan fingerprint density at radius 3 is 2.82 bits per heavy atom. The third-order valence-electron chi connectivity index (χ3n) is 2.31. The number of rotatable bonds is 6. The van der Waals surface area contributed by atoms with Gasteiger partial charge in [-0.3, -0.25) is 0 Å². The lowest BCUT2D eigenvalue weighted by Crippen LogP contribution is -2.09. The third-order valence-corrected chi connectivity index (χ3v) is 2.31. The molecule has 1 aromatic rings. The van der Waals surface area contributed by atoms with E-state index in [-0.39, 0.29) is 11.7 Å². The van der Waals surface area contributed by atoms with E-state index >= 15 is 0 Å². The predicted molar refractivity (Wildman–Crippen MR) is 65.3 cm³/mol. The summed E-state index contributed by atoms with van der Waals surface area (Å²) in [6.45, 7) is 4.17. The lowest BCUT2D eigenvalue weighted by Gasteiger charge is -2.08. The van der Waals surface area contributed by atoms with Crippen LogP contribution in [0, 0.1) is 6.92 Å². The van der Waals surface area contributed by atoms with E-state index in [0.717, 1.165) is 6.42 Å². The Morgan fingerprint density at radius 2 is 2.24 bits per heavy atom. The quantitative estimate of drug-likeness (QED) is 0.656. The van der Waals surface area contributed by atoms with Crippen molar-refractivity contribution in [2.75, 3.05) is 11.9 Å². The number of aryl methyl sites for hydroxylation is 1. The number of anilines is 1. The van der Waals surface area contributed by atoms with Gasteiger partial charge in [-0.25, -0.2) is 9.78 Å². The summed E-state index contributed by atoms with van der Waals surface area (Å²) in [5.41, 5.74) is 0.901. The molecule has 0 aliphatic rings. The van der Waals surface area contributed by atoms with E-state index in [0.29, 0.717) is 24.5 Å². The van der Waals surface area contributed by atoms with Crippen molar-refractivity contribution < 1.29 is 15.0 Å². The highest BCUT2D eigenvalue weighted by Crippen LogP contribution is 2.10. The average Bonchev–Trinajstić information content (AvgIpc) is 2.23. The number of nitrogens with one attached hydrogen (secondary N) is 1. The molecule has 5 heteroatoms. The average molecular weight is 238 g/mol. The zero-order valence-electron chi connectivity index (χ0n) is 10.1. The molecule has 5 nitrogen and oxygen atoms in total. The van der Waals surface area contributed by atoms with Gasteiger partial charge in [0.15, 0.2) is 0 Å². The van der Waals surface area contributed by atoms with Crippen LogP contribution >= 0.6 is 0 Å². The summed E-state index contributed by atoms with van der Waals surface area (Å²) in [5.74, 6) is -0.393. The smallest absolute Gasteiger partial charge is 0.335 e. The summed E-state index contributed by atoms with van der Waals surface area (Å²) < 4.78 is 0. The SMILES string of the molecule is Cc1cc(C(=O)O)cc(NCCCC(C)O)n1. The van der Waals surface area contributed by atoms with Crippen molar-refractivity contribution in [3.63, 3.8) is 0 Å². The highest BCUT2D eigenvalue weighted by atomic mass is 16.4. The number of pyridine rings is 1. The first-order chi connectivity index (χ1) is 7.99. The van der Waals surface area contributed by atoms with Gasteiger partial charge in [-0.2, -0.15) is 0 Å². The number of aromatic carboxylic acids is 1. The minimum atomic E-state index is -0.956. The van der Waals surface area contributed by atoms with E-state index in [1.807, 2.05) is 0 Å². The van der Waals surface area contributed by atoms with Crippen LogP contribution in [-0.4, -0.2) is 33.8 Å². The highest BCUT2D eigenvalue weighted by molar-refractivity contribution is 5.88. The summed E-state index contributed by atoms with van der Waals surface area (Å²) in [6, 6.07) is 3.04. The molecule has 1 heterocycles. The van der Waals surface area contributed by atoms with Crippen LogP contribution in [0.5, 0.6) is 0 Å². The van der Waals surface area contributed by atoms with Gasteiger partial charge >= 0.3 is 5.97 Å². The summed E-state index contributed by atoms with van der Waals surface area (Å²) in [7, 11) is 0. The molecule has 17 heavy (non-hydrogen) atoms. The molecule has 0 bridgehead atoms. The Labute approximate surface area is 101 Å². The molecule has 0 fully saturated rings. The predicted octanol–water partition coefficient (Wildman–Crippen LogP) is 1.66. The largest absolute Gasteiger partial charge is 0.478 e. The molecule has 3 N–H and O–H groups in total. The van der Waals surface area contributed by atoms with Gasteiger partial charge in [0.05, 0.1) is 11.7 Å². The highest BCUT2D eigenvalue weighted by Gasteiger charge is 2.06. The Morgan fingerprint density at radius 1 is 1.53 bits per heavy atom. The molecule has 0 amide bonds. The van der Waals surface area contributed by atoms with Crippen molar-refractivity contribution in [2.24, 2.45) is 0 Å². The summed E-state index contributed by atoms with van der Waals surface area (Å²) in [6.07, 6.45) is 1.22. The number of carboxylic acids is 1. The normalized spacial score (nSPS) is 12.2. The fraction of sp³-hybridized carbons (Fsp3) is 0.500. The van der Waals surface area contributed by atoms with E-state index in [1.54, 1.807) is 13.8 Å². The molecule has 0 radical (unpaired) electrons. The standard InChI is InChI=1S/C12H18N2O3/c1-8-6-10(12(16)17)7-11(14-8)13-5-3-4-9(2)15/h6-7,9,15H,3-5H2,1-2H3,(H,13,14)(H,16,17). The zero-order valence-corrected chi connectivity index (χ0v) is 10.1. The molecule has 0 spiro atoms. The number of aromatic nitrogens is 1. The van der Waals surface area contributed by atoms with E-state index in [4.69, 9.17) is 10.2 Å². The molecule has 0 aliphatic heterocycles. The molecule has 0 saturated carbocycles. The van der Waals surface area contributed by atoms with Gasteiger partial charge < -0.3 is 15.5 Å². The molecular formula is C12H18N2O3. The van der Waals surface area contributed by atoms with Crippen molar-refractivity contribution in [2.45, 2.75) is 32.8 Å². The first-order valence-electron chi connectivity index (χ1n) is 5.63. The number of carbonyl (C=O) groups is 1. The van der Waals surface area contributed by atoms with Crippen molar-refractivity contribution in [1.82, 2.24) is 4.98 Å². The number of carboxylic acid groups (broad SMARTS) is 1. The topological polar surface area (TPSA) is 82.5 Å².